The summed E-state index contributed by atoms with van der Waals surface area (Å²) in [7, 11) is 0. The molecular formula is C13H14N4O2. The van der Waals surface area contributed by atoms with Crippen LogP contribution in [0.15, 0.2) is 36.8 Å². The van der Waals surface area contributed by atoms with Crippen LogP contribution in [0.4, 0.5) is 11.5 Å². The predicted molar refractivity (Wildman–Crippen MR) is 71.9 cm³/mol. The molecule has 0 fully saturated rings. The van der Waals surface area contributed by atoms with Crippen LogP contribution in [0.2, 0.25) is 0 Å². The highest BCUT2D eigenvalue weighted by molar-refractivity contribution is 5.94. The van der Waals surface area contributed by atoms with Crippen molar-refractivity contribution in [3.63, 3.8) is 0 Å². The number of aromatic nitrogens is 2. The van der Waals surface area contributed by atoms with Crippen LogP contribution < -0.4 is 11.1 Å². The van der Waals surface area contributed by atoms with Gasteiger partial charge in [0.2, 0.25) is 0 Å². The molecule has 4 N–H and O–H groups in total. The highest BCUT2D eigenvalue weighted by atomic mass is 16.4. The molecule has 0 amide bonds. The summed E-state index contributed by atoms with van der Waals surface area (Å²) < 4.78 is 0. The van der Waals surface area contributed by atoms with Crippen LogP contribution in [0.1, 0.15) is 28.9 Å². The Bertz CT molecular complexity index is 586. The fourth-order valence-corrected chi connectivity index (χ4v) is 1.73. The summed E-state index contributed by atoms with van der Waals surface area (Å²) >= 11 is 0. The number of nitrogens with zero attached hydrogens (tertiary/aromatic N) is 2. The van der Waals surface area contributed by atoms with Gasteiger partial charge in [-0.15, -0.1) is 0 Å². The molecule has 1 atom stereocenters. The Balaban J connectivity index is 2.26. The van der Waals surface area contributed by atoms with Crippen molar-refractivity contribution >= 4 is 17.5 Å². The second-order valence-corrected chi connectivity index (χ2v) is 4.11. The standard InChI is InChI=1S/C13H14N4O2/c1-8(9-2-4-15-5-3-9)17-11-7-16-12(14)6-10(11)13(18)19/h2-8,17H,1H3,(H2,14,16)(H,18,19). The first-order chi connectivity index (χ1) is 9.08. The Morgan fingerprint density at radius 1 is 1.42 bits per heavy atom. The molecule has 19 heavy (non-hydrogen) atoms. The first-order valence-corrected chi connectivity index (χ1v) is 5.73. The van der Waals surface area contributed by atoms with Gasteiger partial charge in [-0.05, 0) is 30.7 Å². The molecule has 98 valence electrons. The summed E-state index contributed by atoms with van der Waals surface area (Å²) in [5, 5.41) is 12.2. The fraction of sp³-hybridized carbons (Fsp3) is 0.154. The summed E-state index contributed by atoms with van der Waals surface area (Å²) in [6, 6.07) is 5.00. The molecule has 2 rings (SSSR count). The van der Waals surface area contributed by atoms with Gasteiger partial charge in [-0.2, -0.15) is 0 Å². The molecule has 6 heteroatoms. The lowest BCUT2D eigenvalue weighted by Crippen LogP contribution is -2.12. The molecule has 6 nitrogen and oxygen atoms in total. The van der Waals surface area contributed by atoms with Crippen molar-refractivity contribution < 1.29 is 9.90 Å². The largest absolute Gasteiger partial charge is 0.478 e. The molecule has 0 spiro atoms. The maximum atomic E-state index is 11.2. The van der Waals surface area contributed by atoms with E-state index in [4.69, 9.17) is 10.8 Å². The van der Waals surface area contributed by atoms with Gasteiger partial charge in [0.15, 0.2) is 0 Å². The normalized spacial score (nSPS) is 11.8. The van der Waals surface area contributed by atoms with E-state index in [9.17, 15) is 4.79 Å². The second-order valence-electron chi connectivity index (χ2n) is 4.11. The first-order valence-electron chi connectivity index (χ1n) is 5.73. The molecule has 0 bridgehead atoms. The molecule has 2 aromatic heterocycles. The second kappa shape index (κ2) is 5.34. The highest BCUT2D eigenvalue weighted by Crippen LogP contribution is 2.22. The smallest absolute Gasteiger partial charge is 0.337 e. The van der Waals surface area contributed by atoms with Crippen molar-refractivity contribution in [1.29, 1.82) is 0 Å². The minimum Gasteiger partial charge on any atom is -0.478 e. The average Bonchev–Trinajstić information content (AvgIpc) is 2.41. The van der Waals surface area contributed by atoms with Crippen LogP contribution in [0.3, 0.4) is 0 Å². The molecule has 0 aliphatic heterocycles. The van der Waals surface area contributed by atoms with E-state index in [0.717, 1.165) is 5.56 Å². The van der Waals surface area contributed by atoms with Crippen molar-refractivity contribution in [2.75, 3.05) is 11.1 Å². The molecule has 0 saturated heterocycles. The number of rotatable bonds is 4. The van der Waals surface area contributed by atoms with Gasteiger partial charge in [-0.25, -0.2) is 9.78 Å². The van der Waals surface area contributed by atoms with Gasteiger partial charge in [-0.3, -0.25) is 4.98 Å². The number of nitrogens with two attached hydrogens (primary N) is 1. The van der Waals surface area contributed by atoms with Crippen LogP contribution in [-0.2, 0) is 0 Å². The summed E-state index contributed by atoms with van der Waals surface area (Å²) in [6.07, 6.45) is 4.80. The molecule has 2 heterocycles. The van der Waals surface area contributed by atoms with E-state index in [1.54, 1.807) is 12.4 Å². The van der Waals surface area contributed by atoms with Crippen molar-refractivity contribution in [2.24, 2.45) is 0 Å². The number of hydrogen-bond acceptors (Lipinski definition) is 5. The number of nitrogen functional groups attached to an aromatic ring is 1. The number of nitrogens with one attached hydrogen (secondary N) is 1. The third kappa shape index (κ3) is 2.98. The van der Waals surface area contributed by atoms with Gasteiger partial charge in [0, 0.05) is 18.4 Å². The molecule has 0 radical (unpaired) electrons. The highest BCUT2D eigenvalue weighted by Gasteiger charge is 2.14. The Hall–Kier alpha value is -2.63. The van der Waals surface area contributed by atoms with Crippen molar-refractivity contribution in [3.05, 3.63) is 47.9 Å². The van der Waals surface area contributed by atoms with Crippen LogP contribution in [0.5, 0.6) is 0 Å². The third-order valence-electron chi connectivity index (χ3n) is 2.73. The summed E-state index contributed by atoms with van der Waals surface area (Å²) in [4.78, 5) is 19.0. The monoisotopic (exact) mass is 258 g/mol. The lowest BCUT2D eigenvalue weighted by Gasteiger charge is -2.17. The molecule has 0 aliphatic carbocycles. The lowest BCUT2D eigenvalue weighted by molar-refractivity contribution is 0.0698. The molecule has 1 unspecified atom stereocenters. The Kier molecular flexibility index (Phi) is 3.61. The number of hydrogen-bond donors (Lipinski definition) is 3. The minimum atomic E-state index is -1.04. The van der Waals surface area contributed by atoms with Crippen LogP contribution in [-0.4, -0.2) is 21.0 Å². The van der Waals surface area contributed by atoms with E-state index in [1.807, 2.05) is 19.1 Å². The molecule has 2 aromatic rings. The maximum Gasteiger partial charge on any atom is 0.337 e. The van der Waals surface area contributed by atoms with E-state index < -0.39 is 5.97 Å². The Morgan fingerprint density at radius 3 is 2.74 bits per heavy atom. The van der Waals surface area contributed by atoms with E-state index in [1.165, 1.54) is 12.3 Å². The summed E-state index contributed by atoms with van der Waals surface area (Å²) in [5.74, 6) is -0.863. The van der Waals surface area contributed by atoms with E-state index >= 15 is 0 Å². The van der Waals surface area contributed by atoms with Gasteiger partial charge < -0.3 is 16.2 Å². The maximum absolute atomic E-state index is 11.2. The number of carbonyl (C=O) groups is 1. The SMILES string of the molecule is CC(Nc1cnc(N)cc1C(=O)O)c1ccncc1. The number of aromatic carboxylic acids is 1. The number of carboxylic acid groups (broad SMARTS) is 1. The first kappa shape index (κ1) is 12.8. The quantitative estimate of drug-likeness (QED) is 0.774. The van der Waals surface area contributed by atoms with E-state index in [-0.39, 0.29) is 17.4 Å². The zero-order valence-electron chi connectivity index (χ0n) is 10.4. The van der Waals surface area contributed by atoms with Crippen LogP contribution >= 0.6 is 0 Å². The zero-order valence-corrected chi connectivity index (χ0v) is 10.4. The van der Waals surface area contributed by atoms with Gasteiger partial charge in [0.05, 0.1) is 17.4 Å². The Morgan fingerprint density at radius 2 is 2.11 bits per heavy atom. The fourth-order valence-electron chi connectivity index (χ4n) is 1.73. The van der Waals surface area contributed by atoms with Gasteiger partial charge in [0.1, 0.15) is 5.82 Å². The lowest BCUT2D eigenvalue weighted by atomic mass is 10.1. The van der Waals surface area contributed by atoms with Crippen LogP contribution in [0.25, 0.3) is 0 Å². The predicted octanol–water partition coefficient (Wildman–Crippen LogP) is 1.93. The molecule has 0 aliphatic rings. The summed E-state index contributed by atoms with van der Waals surface area (Å²) in [5.41, 5.74) is 7.04. The number of carboxylic acids is 1. The molecule has 0 aromatic carbocycles. The molecular weight excluding hydrogens is 244 g/mol. The minimum absolute atomic E-state index is 0.0634. The van der Waals surface area contributed by atoms with Crippen LogP contribution in [0, 0.1) is 0 Å². The van der Waals surface area contributed by atoms with E-state index in [2.05, 4.69) is 15.3 Å². The zero-order chi connectivity index (χ0) is 13.8. The topological polar surface area (TPSA) is 101 Å². The van der Waals surface area contributed by atoms with Gasteiger partial charge >= 0.3 is 5.97 Å². The number of pyridine rings is 2. The average molecular weight is 258 g/mol. The van der Waals surface area contributed by atoms with Gasteiger partial charge in [-0.1, -0.05) is 0 Å². The van der Waals surface area contributed by atoms with Crippen molar-refractivity contribution in [1.82, 2.24) is 9.97 Å². The van der Waals surface area contributed by atoms with Gasteiger partial charge in [0.25, 0.3) is 0 Å². The summed E-state index contributed by atoms with van der Waals surface area (Å²) in [6.45, 7) is 1.93. The van der Waals surface area contributed by atoms with E-state index in [0.29, 0.717) is 5.69 Å². The molecule has 0 saturated carbocycles. The third-order valence-corrected chi connectivity index (χ3v) is 2.73. The van der Waals surface area contributed by atoms with Crippen molar-refractivity contribution in [3.8, 4) is 0 Å². The van der Waals surface area contributed by atoms with Crippen molar-refractivity contribution in [2.45, 2.75) is 13.0 Å². The number of anilines is 2. The Labute approximate surface area is 110 Å².